The molecular formula is C34H38Cl2N4O7. The number of nitrogens with zero attached hydrogens (tertiary/aromatic N) is 3. The predicted molar refractivity (Wildman–Crippen MR) is 177 cm³/mol. The van der Waals surface area contributed by atoms with Crippen molar-refractivity contribution < 1.29 is 33.4 Å². The number of halogens is 2. The SMILES string of the molecule is CN1CCN([C@H]2C[C@@H](CO[C@H]3CC[C@H](C(=O)O)CC3)N(C(=O)Cc3cc(Cl)c(NC(=O)c4coc5ccccc45)cc3Cl)C2)CC1=O. The number of carbonyl (C=O) groups is 4. The van der Waals surface area contributed by atoms with Crippen LogP contribution in [-0.4, -0.2) is 102 Å². The number of likely N-dealkylation sites (tertiary alicyclic amines) is 1. The Hall–Kier alpha value is -3.64. The van der Waals surface area contributed by atoms with E-state index in [0.29, 0.717) is 91.2 Å². The van der Waals surface area contributed by atoms with Crippen LogP contribution < -0.4 is 5.32 Å². The Morgan fingerprint density at radius 1 is 1.06 bits per heavy atom. The van der Waals surface area contributed by atoms with Crippen molar-refractivity contribution in [2.75, 3.05) is 45.2 Å². The molecule has 0 radical (unpaired) electrons. The molecule has 1 aliphatic carbocycles. The number of carbonyl (C=O) groups excluding carboxylic acids is 3. The van der Waals surface area contributed by atoms with Gasteiger partial charge in [0.1, 0.15) is 11.8 Å². The number of hydrogen-bond acceptors (Lipinski definition) is 7. The summed E-state index contributed by atoms with van der Waals surface area (Å²) in [6, 6.07) is 10.2. The lowest BCUT2D eigenvalue weighted by atomic mass is 9.87. The second-order valence-corrected chi connectivity index (χ2v) is 13.5. The minimum Gasteiger partial charge on any atom is -0.481 e. The quantitative estimate of drug-likeness (QED) is 0.324. The Morgan fingerprint density at radius 2 is 1.83 bits per heavy atom. The van der Waals surface area contributed by atoms with Gasteiger partial charge in [0.25, 0.3) is 5.91 Å². The highest BCUT2D eigenvalue weighted by Crippen LogP contribution is 2.33. The molecule has 3 amide bonds. The highest BCUT2D eigenvalue weighted by Gasteiger charge is 2.40. The molecule has 3 aromatic rings. The van der Waals surface area contributed by atoms with E-state index in [9.17, 15) is 24.3 Å². The molecule has 13 heteroatoms. The number of piperazine rings is 1. The molecule has 0 bridgehead atoms. The van der Waals surface area contributed by atoms with Gasteiger partial charge in [0.2, 0.25) is 11.8 Å². The summed E-state index contributed by atoms with van der Waals surface area (Å²) in [6.07, 6.45) is 4.49. The zero-order valence-corrected chi connectivity index (χ0v) is 27.6. The molecule has 0 unspecified atom stereocenters. The lowest BCUT2D eigenvalue weighted by Crippen LogP contribution is -2.52. The zero-order valence-electron chi connectivity index (χ0n) is 26.1. The smallest absolute Gasteiger partial charge is 0.306 e. The van der Waals surface area contributed by atoms with Crippen LogP contribution in [0.3, 0.4) is 0 Å². The number of carboxylic acid groups (broad SMARTS) is 1. The van der Waals surface area contributed by atoms with Crippen molar-refractivity contribution in [1.29, 1.82) is 0 Å². The van der Waals surface area contributed by atoms with Gasteiger partial charge in [0, 0.05) is 43.1 Å². The average molecular weight is 686 g/mol. The van der Waals surface area contributed by atoms with Crippen LogP contribution in [0.15, 0.2) is 47.1 Å². The topological polar surface area (TPSA) is 133 Å². The second-order valence-electron chi connectivity index (χ2n) is 12.7. The number of anilines is 1. The van der Waals surface area contributed by atoms with E-state index in [0.717, 1.165) is 6.54 Å². The Labute approximate surface area is 282 Å². The van der Waals surface area contributed by atoms with E-state index in [1.807, 2.05) is 17.0 Å². The van der Waals surface area contributed by atoms with Gasteiger partial charge < -0.3 is 29.4 Å². The fourth-order valence-electron chi connectivity index (χ4n) is 6.86. The van der Waals surface area contributed by atoms with Gasteiger partial charge in [-0.1, -0.05) is 41.4 Å². The number of aliphatic carboxylic acids is 1. The Morgan fingerprint density at radius 3 is 2.57 bits per heavy atom. The lowest BCUT2D eigenvalue weighted by Gasteiger charge is -2.35. The van der Waals surface area contributed by atoms with E-state index in [1.165, 1.54) is 6.26 Å². The third kappa shape index (κ3) is 7.43. The molecule has 11 nitrogen and oxygen atoms in total. The van der Waals surface area contributed by atoms with Crippen LogP contribution in [0, 0.1) is 5.92 Å². The number of carboxylic acids is 1. The number of hydrogen-bond donors (Lipinski definition) is 2. The maximum atomic E-state index is 13.9. The average Bonchev–Trinajstić information content (AvgIpc) is 3.69. The van der Waals surface area contributed by atoms with E-state index in [4.69, 9.17) is 32.4 Å². The zero-order chi connectivity index (χ0) is 33.2. The minimum atomic E-state index is -0.763. The number of ether oxygens (including phenoxy) is 1. The first-order chi connectivity index (χ1) is 22.6. The first-order valence-electron chi connectivity index (χ1n) is 15.9. The summed E-state index contributed by atoms with van der Waals surface area (Å²) in [5.41, 5.74) is 1.79. The van der Waals surface area contributed by atoms with Gasteiger partial charge in [0.15, 0.2) is 0 Å². The van der Waals surface area contributed by atoms with E-state index in [-0.39, 0.29) is 47.4 Å². The molecule has 3 heterocycles. The van der Waals surface area contributed by atoms with Crippen molar-refractivity contribution in [3.05, 3.63) is 63.8 Å². The fourth-order valence-corrected chi connectivity index (χ4v) is 7.32. The Bertz CT molecular complexity index is 1670. The highest BCUT2D eigenvalue weighted by molar-refractivity contribution is 6.36. The number of para-hydroxylation sites is 1. The number of fused-ring (bicyclic) bond motifs is 1. The molecule has 2 aliphatic heterocycles. The van der Waals surface area contributed by atoms with E-state index < -0.39 is 11.9 Å². The van der Waals surface area contributed by atoms with Crippen molar-refractivity contribution in [1.82, 2.24) is 14.7 Å². The molecule has 3 aliphatic rings. The maximum absolute atomic E-state index is 13.9. The van der Waals surface area contributed by atoms with E-state index in [2.05, 4.69) is 10.2 Å². The van der Waals surface area contributed by atoms with E-state index in [1.54, 1.807) is 36.2 Å². The second kappa shape index (κ2) is 14.2. The van der Waals surface area contributed by atoms with Crippen LogP contribution in [0.4, 0.5) is 5.69 Å². The summed E-state index contributed by atoms with van der Waals surface area (Å²) >= 11 is 13.2. The van der Waals surface area contributed by atoms with Crippen LogP contribution in [0.5, 0.6) is 0 Å². The first kappa shape index (κ1) is 33.3. The van der Waals surface area contributed by atoms with Gasteiger partial charge in [-0.3, -0.25) is 24.1 Å². The minimum absolute atomic E-state index is 0.00333. The fraction of sp³-hybridized carbons (Fsp3) is 0.471. The molecule has 0 spiro atoms. The third-order valence-electron chi connectivity index (χ3n) is 9.72. The summed E-state index contributed by atoms with van der Waals surface area (Å²) < 4.78 is 11.8. The molecule has 47 heavy (non-hydrogen) atoms. The molecule has 2 atom stereocenters. The Balaban J connectivity index is 1.13. The van der Waals surface area contributed by atoms with E-state index >= 15 is 0 Å². The van der Waals surface area contributed by atoms with Gasteiger partial charge >= 0.3 is 5.97 Å². The monoisotopic (exact) mass is 684 g/mol. The number of furan rings is 1. The summed E-state index contributed by atoms with van der Waals surface area (Å²) in [4.78, 5) is 56.5. The Kier molecular flexibility index (Phi) is 10.1. The predicted octanol–water partition coefficient (Wildman–Crippen LogP) is 4.94. The number of nitrogens with one attached hydrogen (secondary N) is 1. The van der Waals surface area contributed by atoms with Crippen LogP contribution in [0.1, 0.15) is 48.0 Å². The maximum Gasteiger partial charge on any atom is 0.306 e. The number of amides is 3. The molecule has 2 aromatic carbocycles. The van der Waals surface area contributed by atoms with Crippen molar-refractivity contribution >= 4 is 63.5 Å². The third-order valence-corrected chi connectivity index (χ3v) is 10.4. The van der Waals surface area contributed by atoms with Gasteiger partial charge in [-0.15, -0.1) is 0 Å². The van der Waals surface area contributed by atoms with Crippen molar-refractivity contribution in [3.8, 4) is 0 Å². The number of benzene rings is 2. The molecule has 250 valence electrons. The standard InChI is InChI=1S/C34H38Cl2N4O7/c1-38-10-11-39(17-32(38)42)22-14-23(18-46-24-8-6-20(7-9-24)34(44)45)40(16-22)31(41)13-21-12-28(36)29(15-27(21)35)37-33(43)26-19-47-30-5-3-2-4-25(26)30/h2-5,12,15,19-20,22-24H,6-11,13-14,16-18H2,1H3,(H,37,43)(H,44,45)/t20-,22-,23-,24-/m0/s1. The molecule has 2 saturated heterocycles. The molecule has 3 fully saturated rings. The normalized spacial score (nSPS) is 23.8. The van der Waals surface area contributed by atoms with Crippen LogP contribution in [-0.2, 0) is 25.5 Å². The molecule has 2 N–H and O–H groups in total. The van der Waals surface area contributed by atoms with Crippen molar-refractivity contribution in [2.24, 2.45) is 5.92 Å². The molecular weight excluding hydrogens is 647 g/mol. The van der Waals surface area contributed by atoms with Gasteiger partial charge in [-0.05, 0) is 55.9 Å². The van der Waals surface area contributed by atoms with Crippen LogP contribution in [0.25, 0.3) is 11.0 Å². The number of likely N-dealkylation sites (N-methyl/N-ethyl adjacent to an activating group) is 1. The number of rotatable bonds is 9. The summed E-state index contributed by atoms with van der Waals surface area (Å²) in [7, 11) is 1.80. The van der Waals surface area contributed by atoms with Crippen LogP contribution in [0.2, 0.25) is 10.0 Å². The van der Waals surface area contributed by atoms with Gasteiger partial charge in [-0.2, -0.15) is 0 Å². The summed E-state index contributed by atoms with van der Waals surface area (Å²) in [6.45, 7) is 2.44. The van der Waals surface area contributed by atoms with Crippen molar-refractivity contribution in [2.45, 2.75) is 56.7 Å². The molecule has 1 aromatic heterocycles. The summed E-state index contributed by atoms with van der Waals surface area (Å²) in [5, 5.41) is 13.3. The lowest BCUT2D eigenvalue weighted by molar-refractivity contribution is -0.144. The molecule has 6 rings (SSSR count). The summed E-state index contributed by atoms with van der Waals surface area (Å²) in [5.74, 6) is -1.59. The first-order valence-corrected chi connectivity index (χ1v) is 16.7. The van der Waals surface area contributed by atoms with Gasteiger partial charge in [0.05, 0.1) is 53.9 Å². The van der Waals surface area contributed by atoms with Crippen LogP contribution >= 0.6 is 23.2 Å². The highest BCUT2D eigenvalue weighted by atomic mass is 35.5. The van der Waals surface area contributed by atoms with Crippen molar-refractivity contribution in [3.63, 3.8) is 0 Å². The van der Waals surface area contributed by atoms with Gasteiger partial charge in [-0.25, -0.2) is 0 Å². The largest absolute Gasteiger partial charge is 0.481 e. The molecule has 1 saturated carbocycles.